The van der Waals surface area contributed by atoms with Crippen molar-refractivity contribution >= 4 is 11.8 Å². The molecule has 0 aliphatic rings. The molecule has 1 N–H and O–H groups in total. The normalized spacial score (nSPS) is 10.6. The van der Waals surface area contributed by atoms with Gasteiger partial charge < -0.3 is 5.11 Å². The predicted octanol–water partition coefficient (Wildman–Crippen LogP) is 2.61. The van der Waals surface area contributed by atoms with E-state index < -0.39 is 0 Å². The fraction of sp³-hybridized carbons (Fsp3) is 0.286. The molecular weight excluding hydrogens is 260 g/mol. The third-order valence-electron chi connectivity index (χ3n) is 2.77. The highest BCUT2D eigenvalue weighted by Gasteiger charge is 2.15. The van der Waals surface area contributed by atoms with Gasteiger partial charge in [0.1, 0.15) is 0 Å². The number of thioether (sulfide) groups is 1. The molecule has 1 aromatic carbocycles. The number of hydrogen-bond acceptors (Lipinski definition) is 4. The first-order valence-electron chi connectivity index (χ1n) is 6.22. The molecule has 0 spiro atoms. The summed E-state index contributed by atoms with van der Waals surface area (Å²) in [6.45, 7) is 3.82. The van der Waals surface area contributed by atoms with Gasteiger partial charge in [0.15, 0.2) is 5.16 Å². The maximum atomic E-state index is 12.5. The molecule has 100 valence electrons. The first-order chi connectivity index (χ1) is 9.19. The van der Waals surface area contributed by atoms with Crippen molar-refractivity contribution in [2.24, 2.45) is 0 Å². The van der Waals surface area contributed by atoms with Crippen LogP contribution in [0.4, 0.5) is 0 Å². The number of hydrogen-bond donors (Lipinski definition) is 1. The fourth-order valence-corrected chi connectivity index (χ4v) is 2.59. The van der Waals surface area contributed by atoms with Gasteiger partial charge in [-0.15, -0.1) is 0 Å². The van der Waals surface area contributed by atoms with Crippen molar-refractivity contribution in [1.82, 2.24) is 9.55 Å². The van der Waals surface area contributed by atoms with E-state index in [4.69, 9.17) is 0 Å². The summed E-state index contributed by atoms with van der Waals surface area (Å²) in [7, 11) is 0. The molecule has 1 aromatic heterocycles. The number of aromatic hydroxyl groups is 1. The van der Waals surface area contributed by atoms with E-state index in [9.17, 15) is 9.90 Å². The molecule has 2 aromatic rings. The molecule has 0 saturated heterocycles. The van der Waals surface area contributed by atoms with Gasteiger partial charge in [0, 0.05) is 0 Å². The SMILES string of the molecule is CCSc1nc(O)c(CC)c(=O)n1-c1ccccc1. The van der Waals surface area contributed by atoms with E-state index in [1.807, 2.05) is 44.2 Å². The zero-order valence-corrected chi connectivity index (χ0v) is 11.8. The molecule has 0 atom stereocenters. The highest BCUT2D eigenvalue weighted by Crippen LogP contribution is 2.22. The lowest BCUT2D eigenvalue weighted by atomic mass is 10.2. The summed E-state index contributed by atoms with van der Waals surface area (Å²) in [5, 5.41) is 10.4. The van der Waals surface area contributed by atoms with Crippen LogP contribution in [-0.4, -0.2) is 20.4 Å². The van der Waals surface area contributed by atoms with Gasteiger partial charge in [-0.2, -0.15) is 4.98 Å². The van der Waals surface area contributed by atoms with Gasteiger partial charge in [-0.1, -0.05) is 43.8 Å². The van der Waals surface area contributed by atoms with Crippen molar-refractivity contribution in [3.05, 3.63) is 46.2 Å². The predicted molar refractivity (Wildman–Crippen MR) is 77.3 cm³/mol. The lowest BCUT2D eigenvalue weighted by molar-refractivity contribution is 0.432. The molecule has 19 heavy (non-hydrogen) atoms. The number of para-hydroxylation sites is 1. The Morgan fingerprint density at radius 2 is 1.95 bits per heavy atom. The zero-order chi connectivity index (χ0) is 13.8. The molecular formula is C14H16N2O2S. The summed E-state index contributed by atoms with van der Waals surface area (Å²) >= 11 is 1.44. The summed E-state index contributed by atoms with van der Waals surface area (Å²) in [6.07, 6.45) is 0.460. The first kappa shape index (κ1) is 13.7. The summed E-state index contributed by atoms with van der Waals surface area (Å²) in [5.41, 5.74) is 0.923. The van der Waals surface area contributed by atoms with E-state index in [0.29, 0.717) is 17.1 Å². The maximum absolute atomic E-state index is 12.5. The average Bonchev–Trinajstić information content (AvgIpc) is 2.40. The van der Waals surface area contributed by atoms with Crippen LogP contribution in [-0.2, 0) is 6.42 Å². The van der Waals surface area contributed by atoms with Gasteiger partial charge in [-0.25, -0.2) is 0 Å². The Labute approximate surface area is 116 Å². The van der Waals surface area contributed by atoms with Crippen LogP contribution in [0.25, 0.3) is 5.69 Å². The van der Waals surface area contributed by atoms with E-state index in [2.05, 4.69) is 4.98 Å². The molecule has 0 amide bonds. The second kappa shape index (κ2) is 5.93. The summed E-state index contributed by atoms with van der Waals surface area (Å²) < 4.78 is 1.56. The van der Waals surface area contributed by atoms with Crippen molar-refractivity contribution in [2.45, 2.75) is 25.4 Å². The van der Waals surface area contributed by atoms with Crippen molar-refractivity contribution in [3.8, 4) is 11.6 Å². The van der Waals surface area contributed by atoms with Crippen LogP contribution in [0.15, 0.2) is 40.3 Å². The Kier molecular flexibility index (Phi) is 4.27. The number of nitrogens with zero attached hydrogens (tertiary/aromatic N) is 2. The van der Waals surface area contributed by atoms with Crippen molar-refractivity contribution in [2.75, 3.05) is 5.75 Å². The van der Waals surface area contributed by atoms with Crippen LogP contribution in [0.1, 0.15) is 19.4 Å². The molecule has 0 aliphatic carbocycles. The topological polar surface area (TPSA) is 55.1 Å². The highest BCUT2D eigenvalue weighted by atomic mass is 32.2. The van der Waals surface area contributed by atoms with Gasteiger partial charge in [0.25, 0.3) is 5.56 Å². The van der Waals surface area contributed by atoms with Crippen LogP contribution >= 0.6 is 11.8 Å². The molecule has 0 aliphatic heterocycles. The van der Waals surface area contributed by atoms with E-state index in [0.717, 1.165) is 11.4 Å². The first-order valence-corrected chi connectivity index (χ1v) is 7.20. The van der Waals surface area contributed by atoms with Crippen LogP contribution in [0.3, 0.4) is 0 Å². The Bertz CT molecular complexity index is 623. The lowest BCUT2D eigenvalue weighted by Gasteiger charge is -2.13. The molecule has 0 saturated carbocycles. The van der Waals surface area contributed by atoms with E-state index in [-0.39, 0.29) is 11.4 Å². The molecule has 5 heteroatoms. The van der Waals surface area contributed by atoms with Crippen LogP contribution in [0, 0.1) is 0 Å². The Balaban J connectivity index is 2.73. The monoisotopic (exact) mass is 276 g/mol. The van der Waals surface area contributed by atoms with E-state index in [1.165, 1.54) is 11.8 Å². The third kappa shape index (κ3) is 2.66. The number of rotatable bonds is 4. The van der Waals surface area contributed by atoms with Crippen LogP contribution in [0.5, 0.6) is 5.88 Å². The molecule has 0 radical (unpaired) electrons. The summed E-state index contributed by atoms with van der Waals surface area (Å²) in [5.74, 6) is 0.625. The maximum Gasteiger partial charge on any atom is 0.265 e. The minimum absolute atomic E-state index is 0.157. The van der Waals surface area contributed by atoms with Crippen LogP contribution < -0.4 is 5.56 Å². The van der Waals surface area contributed by atoms with E-state index in [1.54, 1.807) is 4.57 Å². The standard InChI is InChI=1S/C14H16N2O2S/c1-3-11-12(17)15-14(19-4-2)16(13(11)18)10-8-6-5-7-9-10/h5-9,17H,3-4H2,1-2H3. The molecule has 2 rings (SSSR count). The molecule has 0 unspecified atom stereocenters. The lowest BCUT2D eigenvalue weighted by Crippen LogP contribution is -2.25. The molecule has 0 fully saturated rings. The molecule has 0 bridgehead atoms. The van der Waals surface area contributed by atoms with Crippen molar-refractivity contribution in [3.63, 3.8) is 0 Å². The third-order valence-corrected chi connectivity index (χ3v) is 3.59. The van der Waals surface area contributed by atoms with Gasteiger partial charge in [-0.3, -0.25) is 9.36 Å². The van der Waals surface area contributed by atoms with Crippen LogP contribution in [0.2, 0.25) is 0 Å². The van der Waals surface area contributed by atoms with Gasteiger partial charge in [0.2, 0.25) is 5.88 Å². The quantitative estimate of drug-likeness (QED) is 0.689. The Hall–Kier alpha value is -1.75. The van der Waals surface area contributed by atoms with Gasteiger partial charge >= 0.3 is 0 Å². The van der Waals surface area contributed by atoms with E-state index >= 15 is 0 Å². The number of aromatic nitrogens is 2. The zero-order valence-electron chi connectivity index (χ0n) is 11.0. The summed E-state index contributed by atoms with van der Waals surface area (Å²) in [6, 6.07) is 9.37. The van der Waals surface area contributed by atoms with Crippen molar-refractivity contribution < 1.29 is 5.11 Å². The number of benzene rings is 1. The minimum Gasteiger partial charge on any atom is -0.493 e. The van der Waals surface area contributed by atoms with Crippen molar-refractivity contribution in [1.29, 1.82) is 0 Å². The molecule has 1 heterocycles. The smallest absolute Gasteiger partial charge is 0.265 e. The van der Waals surface area contributed by atoms with Gasteiger partial charge in [-0.05, 0) is 24.3 Å². The largest absolute Gasteiger partial charge is 0.493 e. The second-order valence-electron chi connectivity index (χ2n) is 3.96. The Morgan fingerprint density at radius 1 is 1.26 bits per heavy atom. The highest BCUT2D eigenvalue weighted by molar-refractivity contribution is 7.99. The second-order valence-corrected chi connectivity index (χ2v) is 5.19. The summed E-state index contributed by atoms with van der Waals surface area (Å²) in [4.78, 5) is 16.6. The molecule has 4 nitrogen and oxygen atoms in total. The van der Waals surface area contributed by atoms with Gasteiger partial charge in [0.05, 0.1) is 11.3 Å². The average molecular weight is 276 g/mol. The minimum atomic E-state index is -0.197. The Morgan fingerprint density at radius 3 is 2.53 bits per heavy atom. The fourth-order valence-electron chi connectivity index (χ4n) is 1.87.